The molecule has 2 aromatic rings. The van der Waals surface area contributed by atoms with E-state index in [9.17, 15) is 8.42 Å². The summed E-state index contributed by atoms with van der Waals surface area (Å²) in [5.74, 6) is 0.462. The standard InChI is InChI=1S/C10H14N6O2S/c1-6(10-13-15-16-14-10)12-7-4-3-5-8(9(7)11)19(2,17)18/h3-6,12H,11H2,1-2H3,(H,13,14,15,16). The molecule has 1 unspecified atom stereocenters. The molecule has 0 bridgehead atoms. The highest BCUT2D eigenvalue weighted by atomic mass is 32.2. The van der Waals surface area contributed by atoms with E-state index >= 15 is 0 Å². The molecule has 19 heavy (non-hydrogen) atoms. The Morgan fingerprint density at radius 3 is 2.74 bits per heavy atom. The molecule has 1 atom stereocenters. The van der Waals surface area contributed by atoms with Gasteiger partial charge in [0.25, 0.3) is 0 Å². The average molecular weight is 282 g/mol. The van der Waals surface area contributed by atoms with E-state index in [4.69, 9.17) is 5.73 Å². The molecule has 0 saturated carbocycles. The number of hydrogen-bond donors (Lipinski definition) is 3. The first-order chi connectivity index (χ1) is 8.89. The topological polar surface area (TPSA) is 127 Å². The zero-order valence-corrected chi connectivity index (χ0v) is 11.3. The first kappa shape index (κ1) is 13.3. The van der Waals surface area contributed by atoms with E-state index in [1.54, 1.807) is 12.1 Å². The number of aromatic amines is 1. The van der Waals surface area contributed by atoms with Crippen molar-refractivity contribution in [2.45, 2.75) is 17.9 Å². The van der Waals surface area contributed by atoms with E-state index in [-0.39, 0.29) is 16.6 Å². The predicted molar refractivity (Wildman–Crippen MR) is 70.2 cm³/mol. The summed E-state index contributed by atoms with van der Waals surface area (Å²) >= 11 is 0. The summed E-state index contributed by atoms with van der Waals surface area (Å²) in [4.78, 5) is 0.0952. The van der Waals surface area contributed by atoms with Gasteiger partial charge in [0, 0.05) is 6.26 Å². The average Bonchev–Trinajstić information content (AvgIpc) is 2.83. The number of aromatic nitrogens is 4. The Morgan fingerprint density at radius 2 is 2.16 bits per heavy atom. The van der Waals surface area contributed by atoms with Crippen molar-refractivity contribution >= 4 is 21.2 Å². The fourth-order valence-electron chi connectivity index (χ4n) is 1.64. The van der Waals surface area contributed by atoms with Crippen LogP contribution >= 0.6 is 0 Å². The lowest BCUT2D eigenvalue weighted by Gasteiger charge is -2.15. The van der Waals surface area contributed by atoms with Crippen molar-refractivity contribution in [3.63, 3.8) is 0 Å². The van der Waals surface area contributed by atoms with Crippen molar-refractivity contribution in [1.29, 1.82) is 0 Å². The zero-order valence-electron chi connectivity index (χ0n) is 10.5. The molecule has 0 fully saturated rings. The second-order valence-electron chi connectivity index (χ2n) is 4.13. The highest BCUT2D eigenvalue weighted by Crippen LogP contribution is 2.28. The maximum Gasteiger partial charge on any atom is 0.196 e. The summed E-state index contributed by atoms with van der Waals surface area (Å²) in [7, 11) is -3.36. The van der Waals surface area contributed by atoms with Crippen LogP contribution in [0.2, 0.25) is 0 Å². The lowest BCUT2D eigenvalue weighted by atomic mass is 10.2. The van der Waals surface area contributed by atoms with Gasteiger partial charge in [-0.25, -0.2) is 8.42 Å². The van der Waals surface area contributed by atoms with Crippen LogP contribution in [0.25, 0.3) is 0 Å². The molecule has 1 aromatic heterocycles. The van der Waals surface area contributed by atoms with Gasteiger partial charge < -0.3 is 11.1 Å². The molecule has 0 aliphatic carbocycles. The van der Waals surface area contributed by atoms with Crippen LogP contribution in [-0.2, 0) is 9.84 Å². The minimum atomic E-state index is -3.36. The van der Waals surface area contributed by atoms with Crippen molar-refractivity contribution in [1.82, 2.24) is 20.6 Å². The summed E-state index contributed by atoms with van der Waals surface area (Å²) in [5.41, 5.74) is 6.56. The number of nitrogens with one attached hydrogen (secondary N) is 2. The normalized spacial score (nSPS) is 13.2. The van der Waals surface area contributed by atoms with Crippen LogP contribution < -0.4 is 11.1 Å². The molecule has 8 nitrogen and oxygen atoms in total. The van der Waals surface area contributed by atoms with E-state index in [0.717, 1.165) is 6.26 Å². The van der Waals surface area contributed by atoms with Gasteiger partial charge in [0.05, 0.1) is 22.3 Å². The van der Waals surface area contributed by atoms with Gasteiger partial charge >= 0.3 is 0 Å². The van der Waals surface area contributed by atoms with Crippen molar-refractivity contribution < 1.29 is 8.42 Å². The van der Waals surface area contributed by atoms with E-state index in [1.165, 1.54) is 6.07 Å². The number of tetrazole rings is 1. The molecule has 9 heteroatoms. The van der Waals surface area contributed by atoms with Crippen molar-refractivity contribution in [3.05, 3.63) is 24.0 Å². The monoisotopic (exact) mass is 282 g/mol. The molecule has 0 radical (unpaired) electrons. The predicted octanol–water partition coefficient (Wildman–Crippen LogP) is 0.358. The van der Waals surface area contributed by atoms with Gasteiger partial charge in [-0.15, -0.1) is 10.2 Å². The number of rotatable bonds is 4. The third-order valence-electron chi connectivity index (χ3n) is 2.59. The van der Waals surface area contributed by atoms with Crippen LogP contribution in [0.3, 0.4) is 0 Å². The van der Waals surface area contributed by atoms with Crippen LogP contribution in [0.5, 0.6) is 0 Å². The highest BCUT2D eigenvalue weighted by Gasteiger charge is 2.16. The van der Waals surface area contributed by atoms with Gasteiger partial charge in [-0.2, -0.15) is 5.21 Å². The minimum Gasteiger partial charge on any atom is -0.396 e. The summed E-state index contributed by atoms with van der Waals surface area (Å²) in [6, 6.07) is 4.53. The van der Waals surface area contributed by atoms with Crippen LogP contribution in [0.4, 0.5) is 11.4 Å². The number of benzene rings is 1. The molecule has 2 rings (SSSR count). The smallest absolute Gasteiger partial charge is 0.196 e. The fourth-order valence-corrected chi connectivity index (χ4v) is 2.48. The Hall–Kier alpha value is -2.16. The number of para-hydroxylation sites is 1. The lowest BCUT2D eigenvalue weighted by molar-refractivity contribution is 0.602. The van der Waals surface area contributed by atoms with Crippen LogP contribution in [-0.4, -0.2) is 35.3 Å². The summed E-state index contributed by atoms with van der Waals surface area (Å²) in [6.07, 6.45) is 1.12. The molecule has 1 heterocycles. The molecule has 0 amide bonds. The first-order valence-electron chi connectivity index (χ1n) is 5.48. The van der Waals surface area contributed by atoms with E-state index in [2.05, 4.69) is 25.9 Å². The van der Waals surface area contributed by atoms with Crippen molar-refractivity contribution in [2.75, 3.05) is 17.3 Å². The quantitative estimate of drug-likeness (QED) is 0.691. The van der Waals surface area contributed by atoms with Crippen molar-refractivity contribution in [2.24, 2.45) is 0 Å². The largest absolute Gasteiger partial charge is 0.396 e. The Bertz CT molecular complexity index is 667. The summed E-state index contributed by atoms with van der Waals surface area (Å²) < 4.78 is 23.1. The zero-order chi connectivity index (χ0) is 14.0. The minimum absolute atomic E-state index is 0.0952. The van der Waals surface area contributed by atoms with Gasteiger partial charge in [0.1, 0.15) is 0 Å². The maximum absolute atomic E-state index is 11.6. The van der Waals surface area contributed by atoms with Gasteiger partial charge in [-0.3, -0.25) is 0 Å². The number of hydrogen-bond acceptors (Lipinski definition) is 7. The molecule has 4 N–H and O–H groups in total. The second-order valence-corrected chi connectivity index (χ2v) is 6.11. The lowest BCUT2D eigenvalue weighted by Crippen LogP contribution is -2.12. The first-order valence-corrected chi connectivity index (χ1v) is 7.37. The Labute approximate surface area is 110 Å². The van der Waals surface area contributed by atoms with Gasteiger partial charge in [0.2, 0.25) is 0 Å². The van der Waals surface area contributed by atoms with E-state index < -0.39 is 9.84 Å². The number of anilines is 2. The van der Waals surface area contributed by atoms with Gasteiger partial charge in [-0.1, -0.05) is 11.3 Å². The molecule has 102 valence electrons. The number of nitrogens with two attached hydrogens (primary N) is 1. The third-order valence-corrected chi connectivity index (χ3v) is 3.74. The molecule has 0 spiro atoms. The second kappa shape index (κ2) is 4.84. The summed E-state index contributed by atoms with van der Waals surface area (Å²) in [6.45, 7) is 1.82. The maximum atomic E-state index is 11.6. The SMILES string of the molecule is CC(Nc1cccc(S(C)(=O)=O)c1N)c1nn[nH]n1. The Balaban J connectivity index is 2.32. The molecule has 0 aliphatic heterocycles. The molecular weight excluding hydrogens is 268 g/mol. The molecular formula is C10H14N6O2S. The Kier molecular flexibility index (Phi) is 3.38. The molecule has 0 aliphatic rings. The molecule has 0 saturated heterocycles. The van der Waals surface area contributed by atoms with Gasteiger partial charge in [0.15, 0.2) is 15.7 Å². The fraction of sp³-hybridized carbons (Fsp3) is 0.300. The van der Waals surface area contributed by atoms with Crippen LogP contribution in [0.15, 0.2) is 23.1 Å². The number of nitrogen functional groups attached to an aromatic ring is 1. The van der Waals surface area contributed by atoms with Gasteiger partial charge in [-0.05, 0) is 19.1 Å². The third kappa shape index (κ3) is 2.81. The number of H-pyrrole nitrogens is 1. The molecule has 1 aromatic carbocycles. The summed E-state index contributed by atoms with van der Waals surface area (Å²) in [5, 5.41) is 16.5. The van der Waals surface area contributed by atoms with Crippen molar-refractivity contribution in [3.8, 4) is 0 Å². The number of sulfone groups is 1. The Morgan fingerprint density at radius 1 is 1.42 bits per heavy atom. The van der Waals surface area contributed by atoms with Crippen LogP contribution in [0, 0.1) is 0 Å². The van der Waals surface area contributed by atoms with Crippen LogP contribution in [0.1, 0.15) is 18.8 Å². The number of nitrogens with zero attached hydrogens (tertiary/aromatic N) is 3. The highest BCUT2D eigenvalue weighted by molar-refractivity contribution is 7.90. The van der Waals surface area contributed by atoms with E-state index in [1.807, 2.05) is 6.92 Å². The van der Waals surface area contributed by atoms with E-state index in [0.29, 0.717) is 11.5 Å².